The lowest BCUT2D eigenvalue weighted by molar-refractivity contribution is -0.124. The van der Waals surface area contributed by atoms with Gasteiger partial charge in [-0.1, -0.05) is 49.7 Å². The number of hydrogen-bond acceptors (Lipinski definition) is 6. The molecule has 0 aliphatic carbocycles. The summed E-state index contributed by atoms with van der Waals surface area (Å²) in [6.07, 6.45) is 2.76. The Bertz CT molecular complexity index is 866. The molecule has 180 valence electrons. The van der Waals surface area contributed by atoms with Crippen molar-refractivity contribution >= 4 is 5.91 Å². The molecule has 0 saturated carbocycles. The Labute approximate surface area is 197 Å². The molecule has 1 saturated heterocycles. The number of unbranched alkanes of at least 4 members (excludes halogenated alkanes) is 1. The van der Waals surface area contributed by atoms with E-state index in [0.29, 0.717) is 31.1 Å². The molecule has 0 spiro atoms. The van der Waals surface area contributed by atoms with Crippen LogP contribution in [0.5, 0.6) is 11.5 Å². The molecule has 33 heavy (non-hydrogen) atoms. The van der Waals surface area contributed by atoms with E-state index in [0.717, 1.165) is 37.9 Å². The van der Waals surface area contributed by atoms with E-state index in [1.54, 1.807) is 7.11 Å². The van der Waals surface area contributed by atoms with Crippen molar-refractivity contribution in [1.29, 1.82) is 0 Å². The van der Waals surface area contributed by atoms with Gasteiger partial charge in [0, 0.05) is 32.7 Å². The van der Waals surface area contributed by atoms with Crippen LogP contribution in [0.15, 0.2) is 48.5 Å². The highest BCUT2D eigenvalue weighted by atomic mass is 16.5. The summed E-state index contributed by atoms with van der Waals surface area (Å²) in [5.74, 6) is 0.943. The fourth-order valence-electron chi connectivity index (χ4n) is 4.28. The number of primary amides is 1. The maximum absolute atomic E-state index is 12.3. The number of methoxy groups -OCH3 is 1. The summed E-state index contributed by atoms with van der Waals surface area (Å²) in [6.45, 7) is 5.82. The largest absolute Gasteiger partial charge is 0.493 e. The fourth-order valence-corrected chi connectivity index (χ4v) is 4.28. The minimum Gasteiger partial charge on any atom is -0.493 e. The zero-order valence-corrected chi connectivity index (χ0v) is 19.8. The number of amides is 1. The molecule has 1 fully saturated rings. The summed E-state index contributed by atoms with van der Waals surface area (Å²) >= 11 is 0. The molecule has 1 aliphatic rings. The standard InChI is InChI=1S/C26H37N3O4/c1-3-4-7-20-10-12-21(13-11-20)25(26(27)31)29-16-14-28(15-17-29)18-22(30)19-33-24-9-6-5-8-23(24)32-2/h5-6,8-13,22,25,30H,3-4,7,14-19H2,1-2H3,(H2,27,31). The highest BCUT2D eigenvalue weighted by molar-refractivity contribution is 5.81. The second kappa shape index (κ2) is 12.6. The highest BCUT2D eigenvalue weighted by Gasteiger charge is 2.29. The molecule has 0 bridgehead atoms. The maximum atomic E-state index is 12.3. The quantitative estimate of drug-likeness (QED) is 0.512. The number of aliphatic hydroxyl groups is 1. The normalized spacial score (nSPS) is 16.8. The third-order valence-electron chi connectivity index (χ3n) is 6.13. The molecule has 3 N–H and O–H groups in total. The Balaban J connectivity index is 1.49. The number of hydrogen-bond donors (Lipinski definition) is 2. The van der Waals surface area contributed by atoms with Gasteiger partial charge in [0.15, 0.2) is 11.5 Å². The van der Waals surface area contributed by atoms with Gasteiger partial charge in [0.2, 0.25) is 5.91 Å². The average molecular weight is 456 g/mol. The number of benzene rings is 2. The van der Waals surface area contributed by atoms with Gasteiger partial charge < -0.3 is 20.3 Å². The summed E-state index contributed by atoms with van der Waals surface area (Å²) in [5, 5.41) is 10.5. The lowest BCUT2D eigenvalue weighted by Crippen LogP contribution is -2.52. The number of aryl methyl sites for hydroxylation is 1. The van der Waals surface area contributed by atoms with Crippen molar-refractivity contribution in [3.63, 3.8) is 0 Å². The number of nitrogens with two attached hydrogens (primary N) is 1. The summed E-state index contributed by atoms with van der Waals surface area (Å²) < 4.78 is 11.0. The van der Waals surface area contributed by atoms with Gasteiger partial charge in [0.05, 0.1) is 7.11 Å². The first-order chi connectivity index (χ1) is 16.0. The number of β-amino-alcohol motifs (C(OH)–C–C–N with tert-alkyl or cyclic N) is 1. The van der Waals surface area contributed by atoms with Crippen LogP contribution < -0.4 is 15.2 Å². The maximum Gasteiger partial charge on any atom is 0.239 e. The number of aliphatic hydroxyl groups excluding tert-OH is 1. The molecule has 2 aromatic carbocycles. The summed E-state index contributed by atoms with van der Waals surface area (Å²) in [4.78, 5) is 16.6. The third kappa shape index (κ3) is 7.19. The van der Waals surface area contributed by atoms with Crippen LogP contribution in [-0.4, -0.2) is 73.4 Å². The second-order valence-electron chi connectivity index (χ2n) is 8.60. The van der Waals surface area contributed by atoms with Crippen molar-refractivity contribution in [2.75, 3.05) is 46.4 Å². The Morgan fingerprint density at radius 2 is 1.73 bits per heavy atom. The molecule has 1 amide bonds. The monoisotopic (exact) mass is 455 g/mol. The fraction of sp³-hybridized carbons (Fsp3) is 0.500. The molecular weight excluding hydrogens is 418 g/mol. The Morgan fingerprint density at radius 3 is 2.33 bits per heavy atom. The number of carbonyl (C=O) groups excluding carboxylic acids is 1. The van der Waals surface area contributed by atoms with Crippen LogP contribution in [0.2, 0.25) is 0 Å². The minimum absolute atomic E-state index is 0.189. The Kier molecular flexibility index (Phi) is 9.54. The van der Waals surface area contributed by atoms with Gasteiger partial charge in [-0.05, 0) is 36.1 Å². The first kappa shape index (κ1) is 25.0. The van der Waals surface area contributed by atoms with Gasteiger partial charge in [0.25, 0.3) is 0 Å². The number of rotatable bonds is 12. The predicted molar refractivity (Wildman–Crippen MR) is 129 cm³/mol. The van der Waals surface area contributed by atoms with Crippen molar-refractivity contribution in [3.05, 3.63) is 59.7 Å². The lowest BCUT2D eigenvalue weighted by Gasteiger charge is -2.38. The van der Waals surface area contributed by atoms with E-state index >= 15 is 0 Å². The molecule has 0 radical (unpaired) electrons. The first-order valence-corrected chi connectivity index (χ1v) is 11.8. The molecule has 3 rings (SSSR count). The van der Waals surface area contributed by atoms with Crippen LogP contribution in [0.1, 0.15) is 36.9 Å². The number of ether oxygens (including phenoxy) is 2. The lowest BCUT2D eigenvalue weighted by atomic mass is 10.00. The van der Waals surface area contributed by atoms with Gasteiger partial charge >= 0.3 is 0 Å². The topological polar surface area (TPSA) is 88.3 Å². The van der Waals surface area contributed by atoms with Crippen LogP contribution in [0, 0.1) is 0 Å². The molecule has 0 aromatic heterocycles. The van der Waals surface area contributed by atoms with Crippen molar-refractivity contribution in [1.82, 2.24) is 9.80 Å². The third-order valence-corrected chi connectivity index (χ3v) is 6.13. The van der Waals surface area contributed by atoms with E-state index in [2.05, 4.69) is 28.9 Å². The van der Waals surface area contributed by atoms with Crippen LogP contribution >= 0.6 is 0 Å². The van der Waals surface area contributed by atoms with Crippen molar-refractivity contribution in [2.45, 2.75) is 38.3 Å². The molecule has 1 aliphatic heterocycles. The zero-order valence-electron chi connectivity index (χ0n) is 19.8. The first-order valence-electron chi connectivity index (χ1n) is 11.8. The van der Waals surface area contributed by atoms with E-state index in [9.17, 15) is 9.90 Å². The smallest absolute Gasteiger partial charge is 0.239 e. The van der Waals surface area contributed by atoms with Crippen LogP contribution in [0.25, 0.3) is 0 Å². The molecular formula is C26H37N3O4. The van der Waals surface area contributed by atoms with Gasteiger partial charge in [0.1, 0.15) is 18.8 Å². The molecule has 2 aromatic rings. The number of piperazine rings is 1. The SMILES string of the molecule is CCCCc1ccc(C(C(N)=O)N2CCN(CC(O)COc3ccccc3OC)CC2)cc1. The van der Waals surface area contributed by atoms with E-state index < -0.39 is 12.1 Å². The summed E-state index contributed by atoms with van der Waals surface area (Å²) in [7, 11) is 1.60. The number of para-hydroxylation sites is 2. The average Bonchev–Trinajstić information content (AvgIpc) is 2.83. The van der Waals surface area contributed by atoms with E-state index in [-0.39, 0.29) is 12.5 Å². The molecule has 7 nitrogen and oxygen atoms in total. The van der Waals surface area contributed by atoms with Crippen molar-refractivity contribution in [3.8, 4) is 11.5 Å². The van der Waals surface area contributed by atoms with Gasteiger partial charge in [-0.3, -0.25) is 14.6 Å². The Hall–Kier alpha value is -2.61. The zero-order chi connectivity index (χ0) is 23.6. The van der Waals surface area contributed by atoms with E-state index in [1.807, 2.05) is 36.4 Å². The van der Waals surface area contributed by atoms with Crippen molar-refractivity contribution < 1.29 is 19.4 Å². The summed E-state index contributed by atoms with van der Waals surface area (Å²) in [5.41, 5.74) is 8.03. The van der Waals surface area contributed by atoms with Crippen molar-refractivity contribution in [2.24, 2.45) is 5.73 Å². The second-order valence-corrected chi connectivity index (χ2v) is 8.60. The van der Waals surface area contributed by atoms with E-state index in [4.69, 9.17) is 15.2 Å². The highest BCUT2D eigenvalue weighted by Crippen LogP contribution is 2.26. The minimum atomic E-state index is -0.621. The molecule has 2 unspecified atom stereocenters. The molecule has 2 atom stereocenters. The van der Waals surface area contributed by atoms with Crippen LogP contribution in [0.3, 0.4) is 0 Å². The van der Waals surface area contributed by atoms with E-state index in [1.165, 1.54) is 5.56 Å². The number of carbonyl (C=O) groups is 1. The molecule has 1 heterocycles. The number of nitrogens with zero attached hydrogens (tertiary/aromatic N) is 2. The van der Waals surface area contributed by atoms with Gasteiger partial charge in [-0.15, -0.1) is 0 Å². The molecule has 7 heteroatoms. The van der Waals surface area contributed by atoms with Gasteiger partial charge in [-0.25, -0.2) is 0 Å². The predicted octanol–water partition coefficient (Wildman–Crippen LogP) is 2.62. The van der Waals surface area contributed by atoms with Crippen LogP contribution in [-0.2, 0) is 11.2 Å². The van der Waals surface area contributed by atoms with Gasteiger partial charge in [-0.2, -0.15) is 0 Å². The van der Waals surface area contributed by atoms with Crippen LogP contribution in [0.4, 0.5) is 0 Å². The summed E-state index contributed by atoms with van der Waals surface area (Å²) in [6, 6.07) is 15.3. The Morgan fingerprint density at radius 1 is 1.06 bits per heavy atom.